The van der Waals surface area contributed by atoms with Gasteiger partial charge in [0.2, 0.25) is 0 Å². The molecule has 0 aromatic carbocycles. The number of allylic oxidation sites excluding steroid dienone is 1. The summed E-state index contributed by atoms with van der Waals surface area (Å²) >= 11 is 0. The largest absolute Gasteiger partial charge is 0.498 e. The molecule has 0 radical (unpaired) electrons. The lowest BCUT2D eigenvalue weighted by atomic mass is 10.3. The summed E-state index contributed by atoms with van der Waals surface area (Å²) in [5.41, 5.74) is 0. The van der Waals surface area contributed by atoms with E-state index >= 15 is 0 Å². The van der Waals surface area contributed by atoms with Gasteiger partial charge >= 0.3 is 5.97 Å². The van der Waals surface area contributed by atoms with Crippen molar-refractivity contribution in [3.63, 3.8) is 0 Å². The van der Waals surface area contributed by atoms with Crippen molar-refractivity contribution in [2.24, 2.45) is 0 Å². The van der Waals surface area contributed by atoms with Gasteiger partial charge in [-0.1, -0.05) is 13.2 Å². The highest BCUT2D eigenvalue weighted by Crippen LogP contribution is 2.01. The molecule has 0 aliphatic carbocycles. The third kappa shape index (κ3) is 8.74. The van der Waals surface area contributed by atoms with E-state index in [4.69, 9.17) is 9.47 Å². The summed E-state index contributed by atoms with van der Waals surface area (Å²) in [4.78, 5) is 21.3. The van der Waals surface area contributed by atoms with E-state index < -0.39 is 5.97 Å². The molecule has 0 spiro atoms. The van der Waals surface area contributed by atoms with Gasteiger partial charge in [-0.2, -0.15) is 0 Å². The maximum atomic E-state index is 10.6. The Morgan fingerprint density at radius 1 is 1.27 bits per heavy atom. The van der Waals surface area contributed by atoms with Crippen LogP contribution in [0.4, 0.5) is 0 Å². The monoisotopic (exact) mass is 212 g/mol. The molecule has 0 rings (SSSR count). The Bertz CT molecular complexity index is 255. The lowest BCUT2D eigenvalue weighted by molar-refractivity contribution is -0.138. The van der Waals surface area contributed by atoms with Crippen molar-refractivity contribution in [2.45, 2.75) is 19.8 Å². The van der Waals surface area contributed by atoms with Crippen LogP contribution in [0.2, 0.25) is 0 Å². The molecule has 0 fully saturated rings. The lowest BCUT2D eigenvalue weighted by Gasteiger charge is -2.07. The Hall–Kier alpha value is -1.58. The Labute approximate surface area is 89.6 Å². The summed E-state index contributed by atoms with van der Waals surface area (Å²) in [6, 6.07) is 0. The summed E-state index contributed by atoms with van der Waals surface area (Å²) in [5.74, 6) is 0.00759. The van der Waals surface area contributed by atoms with Gasteiger partial charge in [-0.05, 0) is 6.92 Å². The molecule has 0 unspecified atom stereocenters. The Morgan fingerprint density at radius 3 is 2.40 bits per heavy atom. The van der Waals surface area contributed by atoms with Crippen LogP contribution in [0.25, 0.3) is 0 Å². The number of esters is 1. The Balaban J connectivity index is 3.38. The number of ketones is 1. The molecule has 0 aliphatic heterocycles. The van der Waals surface area contributed by atoms with E-state index in [1.807, 2.05) is 0 Å². The van der Waals surface area contributed by atoms with Crippen molar-refractivity contribution in [2.75, 3.05) is 13.2 Å². The molecule has 0 aliphatic rings. The molecular weight excluding hydrogens is 196 g/mol. The highest BCUT2D eigenvalue weighted by Gasteiger charge is 2.00. The van der Waals surface area contributed by atoms with Crippen LogP contribution >= 0.6 is 0 Å². The van der Waals surface area contributed by atoms with Crippen molar-refractivity contribution >= 4 is 11.8 Å². The Kier molecular flexibility index (Phi) is 6.97. The molecule has 15 heavy (non-hydrogen) atoms. The zero-order valence-corrected chi connectivity index (χ0v) is 8.95. The van der Waals surface area contributed by atoms with Gasteiger partial charge in [0.1, 0.15) is 5.78 Å². The molecule has 4 heteroatoms. The minimum Gasteiger partial charge on any atom is -0.498 e. The fourth-order valence-corrected chi connectivity index (χ4v) is 0.836. The van der Waals surface area contributed by atoms with Crippen molar-refractivity contribution in [1.82, 2.24) is 0 Å². The maximum absolute atomic E-state index is 10.6. The van der Waals surface area contributed by atoms with Gasteiger partial charge in [0.25, 0.3) is 0 Å². The number of rotatable bonds is 8. The van der Waals surface area contributed by atoms with Gasteiger partial charge in [0.15, 0.2) is 0 Å². The van der Waals surface area contributed by atoms with Crippen LogP contribution in [0.3, 0.4) is 0 Å². The number of Topliss-reactive ketones (excluding diaryl/α,β-unsaturated/α-hetero) is 1. The second kappa shape index (κ2) is 7.79. The predicted molar refractivity (Wildman–Crippen MR) is 56.2 cm³/mol. The van der Waals surface area contributed by atoms with E-state index in [2.05, 4.69) is 13.2 Å². The first-order chi connectivity index (χ1) is 7.06. The first-order valence-electron chi connectivity index (χ1n) is 4.65. The highest BCUT2D eigenvalue weighted by molar-refractivity contribution is 5.81. The van der Waals surface area contributed by atoms with Crippen LogP contribution < -0.4 is 0 Å². The predicted octanol–water partition coefficient (Wildman–Crippen LogP) is 1.62. The van der Waals surface area contributed by atoms with Crippen LogP contribution in [-0.4, -0.2) is 25.0 Å². The fraction of sp³-hybridized carbons (Fsp3) is 0.455. The van der Waals surface area contributed by atoms with Crippen molar-refractivity contribution in [3.05, 3.63) is 25.0 Å². The highest BCUT2D eigenvalue weighted by atomic mass is 16.5. The number of carbonyl (C=O) groups excluding carboxylic acids is 2. The first kappa shape index (κ1) is 13.4. The van der Waals surface area contributed by atoms with Crippen molar-refractivity contribution in [3.8, 4) is 0 Å². The third-order valence-corrected chi connectivity index (χ3v) is 1.45. The van der Waals surface area contributed by atoms with E-state index in [-0.39, 0.29) is 18.8 Å². The zero-order chi connectivity index (χ0) is 11.7. The van der Waals surface area contributed by atoms with E-state index in [0.29, 0.717) is 18.8 Å². The summed E-state index contributed by atoms with van der Waals surface area (Å²) < 4.78 is 9.86. The van der Waals surface area contributed by atoms with Gasteiger partial charge in [-0.3, -0.25) is 4.79 Å². The van der Waals surface area contributed by atoms with Gasteiger partial charge in [-0.15, -0.1) is 0 Å². The number of hydrogen-bond acceptors (Lipinski definition) is 4. The van der Waals surface area contributed by atoms with Crippen LogP contribution in [0.15, 0.2) is 25.0 Å². The molecule has 0 N–H and O–H groups in total. The second-order valence-corrected chi connectivity index (χ2v) is 2.99. The third-order valence-electron chi connectivity index (χ3n) is 1.45. The zero-order valence-electron chi connectivity index (χ0n) is 8.95. The molecule has 4 nitrogen and oxygen atoms in total. The summed E-state index contributed by atoms with van der Waals surface area (Å²) in [7, 11) is 0. The maximum Gasteiger partial charge on any atom is 0.330 e. The van der Waals surface area contributed by atoms with Crippen molar-refractivity contribution < 1.29 is 19.1 Å². The molecule has 0 atom stereocenters. The smallest absolute Gasteiger partial charge is 0.330 e. The molecule has 0 aromatic heterocycles. The lowest BCUT2D eigenvalue weighted by Crippen LogP contribution is -2.05. The molecule has 0 bridgehead atoms. The molecule has 0 saturated heterocycles. The summed E-state index contributed by atoms with van der Waals surface area (Å²) in [6.45, 7) is 8.97. The quantitative estimate of drug-likeness (QED) is 0.265. The van der Waals surface area contributed by atoms with E-state index in [1.165, 1.54) is 6.92 Å². The SMILES string of the molecule is C=CC(=O)OCCCOC(=C)CC(C)=O. The van der Waals surface area contributed by atoms with E-state index in [1.54, 1.807) is 0 Å². The number of carbonyl (C=O) groups is 2. The molecule has 84 valence electrons. The molecule has 0 saturated carbocycles. The van der Waals surface area contributed by atoms with Crippen LogP contribution in [-0.2, 0) is 19.1 Å². The molecule has 0 heterocycles. The number of hydrogen-bond donors (Lipinski definition) is 0. The standard InChI is InChI=1S/C11H16O4/c1-4-11(13)15-7-5-6-14-10(3)8-9(2)12/h4H,1,3,5-8H2,2H3. The molecule has 0 aromatic rings. The molecule has 0 amide bonds. The first-order valence-corrected chi connectivity index (χ1v) is 4.65. The topological polar surface area (TPSA) is 52.6 Å². The summed E-state index contributed by atoms with van der Waals surface area (Å²) in [6.07, 6.45) is 1.90. The van der Waals surface area contributed by atoms with Crippen LogP contribution in [0, 0.1) is 0 Å². The summed E-state index contributed by atoms with van der Waals surface area (Å²) in [5, 5.41) is 0. The van der Waals surface area contributed by atoms with E-state index in [0.717, 1.165) is 6.08 Å². The molecular formula is C11H16O4. The average molecular weight is 212 g/mol. The minimum absolute atomic E-state index is 0.0121. The average Bonchev–Trinajstić information content (AvgIpc) is 2.15. The van der Waals surface area contributed by atoms with Gasteiger partial charge < -0.3 is 9.47 Å². The minimum atomic E-state index is -0.447. The van der Waals surface area contributed by atoms with Crippen LogP contribution in [0.5, 0.6) is 0 Å². The fourth-order valence-electron chi connectivity index (χ4n) is 0.836. The Morgan fingerprint density at radius 2 is 1.87 bits per heavy atom. The van der Waals surface area contributed by atoms with E-state index in [9.17, 15) is 9.59 Å². The van der Waals surface area contributed by atoms with Gasteiger partial charge in [0, 0.05) is 12.5 Å². The normalized spacial score (nSPS) is 9.13. The van der Waals surface area contributed by atoms with Gasteiger partial charge in [-0.25, -0.2) is 4.79 Å². The number of ether oxygens (including phenoxy) is 2. The second-order valence-electron chi connectivity index (χ2n) is 2.99. The van der Waals surface area contributed by atoms with Crippen molar-refractivity contribution in [1.29, 1.82) is 0 Å². The van der Waals surface area contributed by atoms with Gasteiger partial charge in [0.05, 0.1) is 25.4 Å². The van der Waals surface area contributed by atoms with Crippen LogP contribution in [0.1, 0.15) is 19.8 Å².